The molecule has 0 unspecified atom stereocenters. The number of carbonyl (C=O) groups is 1. The normalized spacial score (nSPS) is 12.0. The number of unbranched alkanes of at least 4 members (excludes halogenated alkanes) is 2. The van der Waals surface area contributed by atoms with Crippen LogP contribution in [0.4, 0.5) is 0 Å². The van der Waals surface area contributed by atoms with Crippen LogP contribution in [0.25, 0.3) is 11.1 Å². The molecule has 0 saturated heterocycles. The van der Waals surface area contributed by atoms with Crippen molar-refractivity contribution in [3.8, 4) is 11.1 Å². The molecule has 0 fully saturated rings. The lowest BCUT2D eigenvalue weighted by molar-refractivity contribution is -0.137. The van der Waals surface area contributed by atoms with Gasteiger partial charge in [-0.3, -0.25) is 4.79 Å². The molecule has 0 atom stereocenters. The van der Waals surface area contributed by atoms with Crippen molar-refractivity contribution in [2.45, 2.75) is 51.9 Å². The van der Waals surface area contributed by atoms with Gasteiger partial charge in [0.15, 0.2) is 0 Å². The lowest BCUT2D eigenvalue weighted by Crippen LogP contribution is -1.94. The van der Waals surface area contributed by atoms with E-state index in [0.717, 1.165) is 38.5 Å². The molecule has 1 N–H and O–H groups in total. The van der Waals surface area contributed by atoms with Gasteiger partial charge in [0.1, 0.15) is 0 Å². The quantitative estimate of drug-likeness (QED) is 0.623. The summed E-state index contributed by atoms with van der Waals surface area (Å²) in [6, 6.07) is 13.7. The van der Waals surface area contributed by atoms with Crippen molar-refractivity contribution in [3.63, 3.8) is 0 Å². The summed E-state index contributed by atoms with van der Waals surface area (Å²) in [7, 11) is 0. The third-order valence-corrected chi connectivity index (χ3v) is 4.77. The highest BCUT2D eigenvalue weighted by molar-refractivity contribution is 5.77. The average molecular weight is 308 g/mol. The SMILES string of the molecule is CCc1ccc2c(c1)Cc1cc(CCCCCC(=O)O)ccc1-2. The molecule has 3 rings (SSSR count). The molecule has 2 heteroatoms. The van der Waals surface area contributed by atoms with E-state index in [4.69, 9.17) is 5.11 Å². The summed E-state index contributed by atoms with van der Waals surface area (Å²) in [5, 5.41) is 8.66. The van der Waals surface area contributed by atoms with Crippen LogP contribution in [-0.4, -0.2) is 11.1 Å². The van der Waals surface area contributed by atoms with Gasteiger partial charge < -0.3 is 5.11 Å². The highest BCUT2D eigenvalue weighted by Gasteiger charge is 2.18. The maximum absolute atomic E-state index is 10.5. The van der Waals surface area contributed by atoms with E-state index < -0.39 is 5.97 Å². The van der Waals surface area contributed by atoms with Crippen LogP contribution in [0.2, 0.25) is 0 Å². The summed E-state index contributed by atoms with van der Waals surface area (Å²) in [4.78, 5) is 10.5. The number of carboxylic acids is 1. The molecule has 0 aliphatic heterocycles. The molecule has 0 heterocycles. The first-order chi connectivity index (χ1) is 11.2. The molecule has 2 aromatic carbocycles. The second kappa shape index (κ2) is 6.99. The number of carboxylic acid groups (broad SMARTS) is 1. The maximum atomic E-state index is 10.5. The van der Waals surface area contributed by atoms with Gasteiger partial charge in [0.05, 0.1) is 0 Å². The van der Waals surface area contributed by atoms with Crippen LogP contribution in [0.5, 0.6) is 0 Å². The minimum Gasteiger partial charge on any atom is -0.481 e. The van der Waals surface area contributed by atoms with E-state index in [1.165, 1.54) is 33.4 Å². The second-order valence-electron chi connectivity index (χ2n) is 6.47. The number of hydrogen-bond donors (Lipinski definition) is 1. The van der Waals surface area contributed by atoms with Crippen molar-refractivity contribution in [2.75, 3.05) is 0 Å². The van der Waals surface area contributed by atoms with E-state index >= 15 is 0 Å². The lowest BCUT2D eigenvalue weighted by Gasteiger charge is -2.06. The van der Waals surface area contributed by atoms with Gasteiger partial charge in [-0.1, -0.05) is 49.7 Å². The van der Waals surface area contributed by atoms with E-state index in [1.54, 1.807) is 0 Å². The van der Waals surface area contributed by atoms with Crippen LogP contribution in [0.3, 0.4) is 0 Å². The Kier molecular flexibility index (Phi) is 4.80. The fourth-order valence-electron chi connectivity index (χ4n) is 3.47. The van der Waals surface area contributed by atoms with Crippen molar-refractivity contribution >= 4 is 5.97 Å². The van der Waals surface area contributed by atoms with E-state index in [9.17, 15) is 4.79 Å². The predicted molar refractivity (Wildman–Crippen MR) is 93.9 cm³/mol. The summed E-state index contributed by atoms with van der Waals surface area (Å²) >= 11 is 0. The van der Waals surface area contributed by atoms with Gasteiger partial charge in [-0.25, -0.2) is 0 Å². The highest BCUT2D eigenvalue weighted by atomic mass is 16.4. The molecule has 1 aliphatic carbocycles. The van der Waals surface area contributed by atoms with Gasteiger partial charge >= 0.3 is 5.97 Å². The van der Waals surface area contributed by atoms with Gasteiger partial charge in [-0.2, -0.15) is 0 Å². The largest absolute Gasteiger partial charge is 0.481 e. The van der Waals surface area contributed by atoms with Crippen molar-refractivity contribution in [1.82, 2.24) is 0 Å². The molecule has 23 heavy (non-hydrogen) atoms. The van der Waals surface area contributed by atoms with E-state index in [1.807, 2.05) is 0 Å². The number of fused-ring (bicyclic) bond motifs is 3. The second-order valence-corrected chi connectivity index (χ2v) is 6.47. The van der Waals surface area contributed by atoms with Gasteiger partial charge in [0.25, 0.3) is 0 Å². The smallest absolute Gasteiger partial charge is 0.303 e. The molecule has 0 bridgehead atoms. The standard InChI is InChI=1S/C21H24O2/c1-2-15-8-10-19-17(12-15)14-18-13-16(9-11-20(18)19)6-4-3-5-7-21(22)23/h8-13H,2-7,14H2,1H3,(H,22,23). The Morgan fingerprint density at radius 1 is 0.957 bits per heavy atom. The summed E-state index contributed by atoms with van der Waals surface area (Å²) in [6.07, 6.45) is 6.31. The number of aryl methyl sites for hydroxylation is 2. The molecule has 120 valence electrons. The zero-order valence-electron chi connectivity index (χ0n) is 13.8. The number of benzene rings is 2. The number of hydrogen-bond acceptors (Lipinski definition) is 1. The maximum Gasteiger partial charge on any atom is 0.303 e. The molecular weight excluding hydrogens is 284 g/mol. The Labute approximate surface area is 138 Å². The van der Waals surface area contributed by atoms with Crippen LogP contribution >= 0.6 is 0 Å². The predicted octanol–water partition coefficient (Wildman–Crippen LogP) is 5.01. The number of rotatable bonds is 7. The molecule has 0 spiro atoms. The molecule has 0 saturated carbocycles. The third-order valence-electron chi connectivity index (χ3n) is 4.77. The summed E-state index contributed by atoms with van der Waals surface area (Å²) in [5.74, 6) is -0.688. The Hall–Kier alpha value is -2.09. The minimum atomic E-state index is -0.688. The van der Waals surface area contributed by atoms with Crippen LogP contribution < -0.4 is 0 Å². The molecule has 2 aromatic rings. The molecule has 0 amide bonds. The highest BCUT2D eigenvalue weighted by Crippen LogP contribution is 2.37. The van der Waals surface area contributed by atoms with E-state index in [-0.39, 0.29) is 0 Å². The molecular formula is C21H24O2. The van der Waals surface area contributed by atoms with Gasteiger partial charge in [0, 0.05) is 6.42 Å². The Balaban J connectivity index is 1.64. The minimum absolute atomic E-state index is 0.291. The van der Waals surface area contributed by atoms with E-state index in [0.29, 0.717) is 6.42 Å². The van der Waals surface area contributed by atoms with Gasteiger partial charge in [0.2, 0.25) is 0 Å². The third kappa shape index (κ3) is 3.64. The Morgan fingerprint density at radius 3 is 2.26 bits per heavy atom. The topological polar surface area (TPSA) is 37.3 Å². The average Bonchev–Trinajstić information content (AvgIpc) is 2.90. The molecule has 2 nitrogen and oxygen atoms in total. The van der Waals surface area contributed by atoms with Crippen LogP contribution in [-0.2, 0) is 24.1 Å². The first-order valence-corrected chi connectivity index (χ1v) is 8.63. The zero-order chi connectivity index (χ0) is 16.2. The van der Waals surface area contributed by atoms with Crippen LogP contribution in [0.1, 0.15) is 54.9 Å². The van der Waals surface area contributed by atoms with Crippen molar-refractivity contribution in [2.24, 2.45) is 0 Å². The first kappa shape index (κ1) is 15.8. The molecule has 1 aliphatic rings. The fourth-order valence-corrected chi connectivity index (χ4v) is 3.47. The van der Waals surface area contributed by atoms with Gasteiger partial charge in [-0.05, 0) is 65.5 Å². The van der Waals surface area contributed by atoms with Gasteiger partial charge in [-0.15, -0.1) is 0 Å². The summed E-state index contributed by atoms with van der Waals surface area (Å²) < 4.78 is 0. The summed E-state index contributed by atoms with van der Waals surface area (Å²) in [5.41, 5.74) is 8.47. The van der Waals surface area contributed by atoms with E-state index in [2.05, 4.69) is 43.3 Å². The lowest BCUT2D eigenvalue weighted by atomic mass is 9.99. The van der Waals surface area contributed by atoms with Crippen molar-refractivity contribution in [1.29, 1.82) is 0 Å². The first-order valence-electron chi connectivity index (χ1n) is 8.63. The Bertz CT molecular complexity index is 716. The zero-order valence-corrected chi connectivity index (χ0v) is 13.8. The van der Waals surface area contributed by atoms with Crippen LogP contribution in [0, 0.1) is 0 Å². The Morgan fingerprint density at radius 2 is 1.61 bits per heavy atom. The monoisotopic (exact) mass is 308 g/mol. The molecule has 0 aromatic heterocycles. The van der Waals surface area contributed by atoms with Crippen molar-refractivity contribution < 1.29 is 9.90 Å². The number of aliphatic carboxylic acids is 1. The fraction of sp³-hybridized carbons (Fsp3) is 0.381. The van der Waals surface area contributed by atoms with Crippen LogP contribution in [0.15, 0.2) is 36.4 Å². The summed E-state index contributed by atoms with van der Waals surface area (Å²) in [6.45, 7) is 2.20. The van der Waals surface area contributed by atoms with Crippen molar-refractivity contribution in [3.05, 3.63) is 58.7 Å². The molecule has 0 radical (unpaired) electrons.